The molecular formula is C18H22N6O3S. The Hall–Kier alpha value is -2.88. The first-order valence-electron chi connectivity index (χ1n) is 9.07. The predicted molar refractivity (Wildman–Crippen MR) is 107 cm³/mol. The second-order valence-electron chi connectivity index (χ2n) is 6.41. The van der Waals surface area contributed by atoms with E-state index >= 15 is 0 Å². The zero-order valence-electron chi connectivity index (χ0n) is 15.7. The van der Waals surface area contributed by atoms with Crippen molar-refractivity contribution in [3.63, 3.8) is 0 Å². The fourth-order valence-corrected chi connectivity index (χ4v) is 3.82. The van der Waals surface area contributed by atoms with Gasteiger partial charge in [-0.3, -0.25) is 23.9 Å². The van der Waals surface area contributed by atoms with Gasteiger partial charge in [-0.25, -0.2) is 4.79 Å². The molecule has 0 fully saturated rings. The van der Waals surface area contributed by atoms with Gasteiger partial charge in [0.25, 0.3) is 5.56 Å². The standard InChI is InChI=1S/C18H22N6O3S/c1-3-4-7-10-23-15(26)12-8-5-6-9-13(12)24-17(23)21-22-18(24)28-11(2)14(25)20-16(19)27/h5-6,8-9,11H,3-4,7,10H2,1-2H3,(H3,19,20,25,27). The molecule has 0 radical (unpaired) electrons. The number of nitrogens with zero attached hydrogens (tertiary/aromatic N) is 4. The van der Waals surface area contributed by atoms with Crippen LogP contribution in [0.25, 0.3) is 16.7 Å². The Balaban J connectivity index is 2.09. The Morgan fingerprint density at radius 3 is 2.71 bits per heavy atom. The SMILES string of the molecule is CCCCCn1c(=O)c2ccccc2n2c(SC(C)C(=O)NC(N)=O)nnc12. The van der Waals surface area contributed by atoms with Crippen LogP contribution in [0.5, 0.6) is 0 Å². The van der Waals surface area contributed by atoms with Gasteiger partial charge in [0.2, 0.25) is 11.7 Å². The number of primary amides is 1. The molecule has 3 aromatic rings. The van der Waals surface area contributed by atoms with Crippen molar-refractivity contribution >= 4 is 40.4 Å². The number of carbonyl (C=O) groups excluding carboxylic acids is 2. The number of aryl methyl sites for hydroxylation is 1. The van der Waals surface area contributed by atoms with E-state index in [4.69, 9.17) is 5.73 Å². The smallest absolute Gasteiger partial charge is 0.318 e. The van der Waals surface area contributed by atoms with Crippen molar-refractivity contribution in [2.24, 2.45) is 5.73 Å². The Morgan fingerprint density at radius 1 is 1.25 bits per heavy atom. The lowest BCUT2D eigenvalue weighted by Crippen LogP contribution is -2.39. The summed E-state index contributed by atoms with van der Waals surface area (Å²) >= 11 is 1.14. The number of benzene rings is 1. The van der Waals surface area contributed by atoms with E-state index in [2.05, 4.69) is 22.4 Å². The molecule has 3 N–H and O–H groups in total. The molecular weight excluding hydrogens is 380 g/mol. The summed E-state index contributed by atoms with van der Waals surface area (Å²) in [6.45, 7) is 4.29. The van der Waals surface area contributed by atoms with Crippen LogP contribution >= 0.6 is 11.8 Å². The quantitative estimate of drug-likeness (QED) is 0.459. The summed E-state index contributed by atoms with van der Waals surface area (Å²) in [5.41, 5.74) is 5.57. The molecule has 9 nitrogen and oxygen atoms in total. The van der Waals surface area contributed by atoms with E-state index in [1.807, 2.05) is 18.2 Å². The number of aromatic nitrogens is 4. The van der Waals surface area contributed by atoms with Gasteiger partial charge in [0.05, 0.1) is 16.2 Å². The molecule has 3 rings (SSSR count). The van der Waals surface area contributed by atoms with Crippen LogP contribution in [0, 0.1) is 0 Å². The third kappa shape index (κ3) is 3.86. The maximum Gasteiger partial charge on any atom is 0.318 e. The topological polar surface area (TPSA) is 124 Å². The van der Waals surface area contributed by atoms with Gasteiger partial charge in [-0.1, -0.05) is 43.7 Å². The van der Waals surface area contributed by atoms with Gasteiger partial charge in [-0.05, 0) is 25.5 Å². The Bertz CT molecular complexity index is 1090. The van der Waals surface area contributed by atoms with E-state index in [0.29, 0.717) is 28.4 Å². The third-order valence-electron chi connectivity index (χ3n) is 4.36. The minimum atomic E-state index is -0.904. The summed E-state index contributed by atoms with van der Waals surface area (Å²) in [7, 11) is 0. The summed E-state index contributed by atoms with van der Waals surface area (Å²) in [6, 6.07) is 6.33. The lowest BCUT2D eigenvalue weighted by molar-refractivity contribution is -0.119. The molecule has 148 valence electrons. The average Bonchev–Trinajstić information content (AvgIpc) is 3.07. The van der Waals surface area contributed by atoms with Crippen LogP contribution in [0.1, 0.15) is 33.1 Å². The first kappa shape index (κ1) is 19.9. The van der Waals surface area contributed by atoms with Crippen molar-refractivity contribution in [1.29, 1.82) is 0 Å². The number of nitrogens with two attached hydrogens (primary N) is 1. The average molecular weight is 402 g/mol. The monoisotopic (exact) mass is 402 g/mol. The molecule has 2 heterocycles. The molecule has 0 saturated heterocycles. The Labute approximate surface area is 165 Å². The van der Waals surface area contributed by atoms with E-state index in [1.165, 1.54) is 0 Å². The van der Waals surface area contributed by atoms with Crippen molar-refractivity contribution < 1.29 is 9.59 Å². The number of nitrogens with one attached hydrogen (secondary N) is 1. The highest BCUT2D eigenvalue weighted by molar-refractivity contribution is 8.00. The molecule has 2 aromatic heterocycles. The predicted octanol–water partition coefficient (Wildman–Crippen LogP) is 1.91. The number of thioether (sulfide) groups is 1. The lowest BCUT2D eigenvalue weighted by Gasteiger charge is -2.12. The Kier molecular flexibility index (Phi) is 5.98. The van der Waals surface area contributed by atoms with E-state index in [1.54, 1.807) is 22.0 Å². The van der Waals surface area contributed by atoms with Gasteiger partial charge in [0.1, 0.15) is 0 Å². The van der Waals surface area contributed by atoms with Crippen molar-refractivity contribution in [2.45, 2.75) is 50.1 Å². The van der Waals surface area contributed by atoms with Gasteiger partial charge < -0.3 is 5.73 Å². The number of hydrogen-bond acceptors (Lipinski definition) is 6. The van der Waals surface area contributed by atoms with E-state index in [0.717, 1.165) is 31.0 Å². The largest absolute Gasteiger partial charge is 0.351 e. The number of rotatable bonds is 7. The Morgan fingerprint density at radius 2 is 2.00 bits per heavy atom. The molecule has 1 aromatic carbocycles. The molecule has 0 spiro atoms. The lowest BCUT2D eigenvalue weighted by atomic mass is 10.2. The molecule has 10 heteroatoms. The summed E-state index contributed by atoms with van der Waals surface area (Å²) in [4.78, 5) is 35.9. The van der Waals surface area contributed by atoms with E-state index < -0.39 is 17.2 Å². The summed E-state index contributed by atoms with van der Waals surface area (Å²) in [5.74, 6) is -0.0837. The molecule has 1 unspecified atom stereocenters. The second-order valence-corrected chi connectivity index (χ2v) is 7.72. The fourth-order valence-electron chi connectivity index (χ4n) is 2.97. The first-order chi connectivity index (χ1) is 13.4. The molecule has 1 atom stereocenters. The minimum Gasteiger partial charge on any atom is -0.351 e. The van der Waals surface area contributed by atoms with Gasteiger partial charge in [0, 0.05) is 6.54 Å². The van der Waals surface area contributed by atoms with Crippen LogP contribution < -0.4 is 16.6 Å². The molecule has 0 aliphatic heterocycles. The van der Waals surface area contributed by atoms with Gasteiger partial charge in [0.15, 0.2) is 5.16 Å². The number of fused-ring (bicyclic) bond motifs is 3. The fraction of sp³-hybridized carbons (Fsp3) is 0.389. The van der Waals surface area contributed by atoms with Crippen LogP contribution in [-0.2, 0) is 11.3 Å². The van der Waals surface area contributed by atoms with Crippen LogP contribution in [0.3, 0.4) is 0 Å². The van der Waals surface area contributed by atoms with E-state index in [9.17, 15) is 14.4 Å². The van der Waals surface area contributed by atoms with Gasteiger partial charge >= 0.3 is 6.03 Å². The first-order valence-corrected chi connectivity index (χ1v) is 9.95. The summed E-state index contributed by atoms with van der Waals surface area (Å²) < 4.78 is 3.41. The van der Waals surface area contributed by atoms with Crippen molar-refractivity contribution in [1.82, 2.24) is 24.5 Å². The normalized spacial score (nSPS) is 12.4. The maximum absolute atomic E-state index is 13.0. The second kappa shape index (κ2) is 8.42. The number of urea groups is 1. The van der Waals surface area contributed by atoms with Crippen molar-refractivity contribution in [3.05, 3.63) is 34.6 Å². The molecule has 0 bridgehead atoms. The third-order valence-corrected chi connectivity index (χ3v) is 5.40. The van der Waals surface area contributed by atoms with Crippen molar-refractivity contribution in [3.8, 4) is 0 Å². The molecule has 3 amide bonds. The van der Waals surface area contributed by atoms with Crippen molar-refractivity contribution in [2.75, 3.05) is 0 Å². The number of para-hydroxylation sites is 1. The number of hydrogen-bond donors (Lipinski definition) is 2. The van der Waals surface area contributed by atoms with Gasteiger partial charge in [-0.2, -0.15) is 0 Å². The maximum atomic E-state index is 13.0. The number of amides is 3. The summed E-state index contributed by atoms with van der Waals surface area (Å²) in [6.07, 6.45) is 2.90. The zero-order chi connectivity index (χ0) is 20.3. The highest BCUT2D eigenvalue weighted by Crippen LogP contribution is 2.25. The zero-order valence-corrected chi connectivity index (χ0v) is 16.5. The minimum absolute atomic E-state index is 0.109. The van der Waals surface area contributed by atoms with Crippen LogP contribution in [-0.4, -0.2) is 36.4 Å². The number of unbranched alkanes of at least 4 members (excludes halogenated alkanes) is 2. The highest BCUT2D eigenvalue weighted by Gasteiger charge is 2.22. The van der Waals surface area contributed by atoms with Crippen LogP contribution in [0.2, 0.25) is 0 Å². The molecule has 0 aliphatic carbocycles. The van der Waals surface area contributed by atoms with Gasteiger partial charge in [-0.15, -0.1) is 10.2 Å². The highest BCUT2D eigenvalue weighted by atomic mass is 32.2. The number of imide groups is 1. The molecule has 28 heavy (non-hydrogen) atoms. The molecule has 0 saturated carbocycles. The van der Waals surface area contributed by atoms with Crippen LogP contribution in [0.15, 0.2) is 34.2 Å². The number of carbonyl (C=O) groups is 2. The molecule has 0 aliphatic rings. The van der Waals surface area contributed by atoms with Crippen LogP contribution in [0.4, 0.5) is 4.79 Å². The van der Waals surface area contributed by atoms with E-state index in [-0.39, 0.29) is 5.56 Å². The summed E-state index contributed by atoms with van der Waals surface area (Å²) in [5, 5.41) is 10.9.